The largest absolute Gasteiger partial charge is 0.343 e. The summed E-state index contributed by atoms with van der Waals surface area (Å²) in [5.41, 5.74) is 0. The monoisotopic (exact) mass is 269 g/mol. The highest BCUT2D eigenvalue weighted by Crippen LogP contribution is 2.13. The van der Waals surface area contributed by atoms with Crippen LogP contribution in [0.25, 0.3) is 0 Å². The van der Waals surface area contributed by atoms with Crippen molar-refractivity contribution in [2.45, 2.75) is 52.5 Å². The lowest BCUT2D eigenvalue weighted by Crippen LogP contribution is -2.45. The van der Waals surface area contributed by atoms with Crippen LogP contribution in [0.15, 0.2) is 0 Å². The fraction of sp³-hybridized carbons (Fsp3) is 0.933. The van der Waals surface area contributed by atoms with Gasteiger partial charge in [0.25, 0.3) is 0 Å². The summed E-state index contributed by atoms with van der Waals surface area (Å²) < 4.78 is 0. The van der Waals surface area contributed by atoms with Crippen LogP contribution < -0.4 is 5.32 Å². The molecule has 1 N–H and O–H groups in total. The van der Waals surface area contributed by atoms with Crippen LogP contribution in [0.4, 0.5) is 0 Å². The molecule has 0 aromatic carbocycles. The molecule has 0 spiro atoms. The maximum absolute atomic E-state index is 12.1. The predicted octanol–water partition coefficient (Wildman–Crippen LogP) is 1.71. The molecule has 0 aromatic heterocycles. The first kappa shape index (κ1) is 16.4. The topological polar surface area (TPSA) is 35.6 Å². The van der Waals surface area contributed by atoms with E-state index in [1.54, 1.807) is 0 Å². The minimum absolute atomic E-state index is 0.306. The third-order valence-electron chi connectivity index (χ3n) is 4.06. The number of carbonyl (C=O) groups is 1. The normalized spacial score (nSPS) is 16.8. The predicted molar refractivity (Wildman–Crippen MR) is 80.3 cm³/mol. The molecular formula is C15H31N3O. The van der Waals surface area contributed by atoms with E-state index in [4.69, 9.17) is 0 Å². The van der Waals surface area contributed by atoms with Crippen molar-refractivity contribution in [1.29, 1.82) is 0 Å². The first-order valence-electron chi connectivity index (χ1n) is 7.95. The Hall–Kier alpha value is -0.610. The van der Waals surface area contributed by atoms with Gasteiger partial charge in [0.15, 0.2) is 0 Å². The minimum atomic E-state index is 0.306. The van der Waals surface area contributed by atoms with E-state index in [-0.39, 0.29) is 0 Å². The van der Waals surface area contributed by atoms with Crippen molar-refractivity contribution < 1.29 is 4.79 Å². The van der Waals surface area contributed by atoms with Crippen molar-refractivity contribution in [2.24, 2.45) is 0 Å². The third kappa shape index (κ3) is 5.49. The number of nitrogens with zero attached hydrogens (tertiary/aromatic N) is 2. The Morgan fingerprint density at radius 3 is 2.26 bits per heavy atom. The van der Waals surface area contributed by atoms with Crippen molar-refractivity contribution in [3.63, 3.8) is 0 Å². The van der Waals surface area contributed by atoms with E-state index in [0.29, 0.717) is 18.4 Å². The van der Waals surface area contributed by atoms with Gasteiger partial charge in [0, 0.05) is 32.1 Å². The number of piperidine rings is 1. The Morgan fingerprint density at radius 1 is 1.11 bits per heavy atom. The van der Waals surface area contributed by atoms with Crippen LogP contribution in [0.5, 0.6) is 0 Å². The van der Waals surface area contributed by atoms with Crippen LogP contribution in [0, 0.1) is 0 Å². The van der Waals surface area contributed by atoms with Crippen molar-refractivity contribution in [3.05, 3.63) is 0 Å². The molecule has 1 amide bonds. The summed E-state index contributed by atoms with van der Waals surface area (Å²) in [6, 6.07) is 0.672. The molecule has 0 atom stereocenters. The summed E-state index contributed by atoms with van der Waals surface area (Å²) in [5.74, 6) is 0.306. The molecule has 4 nitrogen and oxygen atoms in total. The molecule has 1 rings (SSSR count). The molecule has 1 fully saturated rings. The van der Waals surface area contributed by atoms with Gasteiger partial charge < -0.3 is 10.2 Å². The van der Waals surface area contributed by atoms with Gasteiger partial charge in [-0.2, -0.15) is 0 Å². The summed E-state index contributed by atoms with van der Waals surface area (Å²) in [7, 11) is 0. The number of nitrogens with one attached hydrogen (secondary N) is 1. The Labute approximate surface area is 118 Å². The van der Waals surface area contributed by atoms with E-state index in [1.165, 1.54) is 19.3 Å². The van der Waals surface area contributed by atoms with Gasteiger partial charge in [-0.1, -0.05) is 6.92 Å². The van der Waals surface area contributed by atoms with Gasteiger partial charge in [0.1, 0.15) is 0 Å². The summed E-state index contributed by atoms with van der Waals surface area (Å²) in [6.07, 6.45) is 4.29. The zero-order valence-corrected chi connectivity index (χ0v) is 13.0. The van der Waals surface area contributed by atoms with E-state index in [1.807, 2.05) is 4.90 Å². The van der Waals surface area contributed by atoms with E-state index >= 15 is 0 Å². The van der Waals surface area contributed by atoms with Crippen LogP contribution in [-0.4, -0.2) is 61.0 Å². The molecule has 1 heterocycles. The van der Waals surface area contributed by atoms with Crippen molar-refractivity contribution >= 4 is 5.91 Å². The highest BCUT2D eigenvalue weighted by molar-refractivity contribution is 5.76. The molecule has 1 aliphatic heterocycles. The van der Waals surface area contributed by atoms with Gasteiger partial charge in [-0.15, -0.1) is 0 Å². The Kier molecular flexibility index (Phi) is 8.07. The lowest BCUT2D eigenvalue weighted by atomic mass is 10.0. The quantitative estimate of drug-likeness (QED) is 0.728. The molecule has 0 aromatic rings. The second kappa shape index (κ2) is 9.32. The highest BCUT2D eigenvalue weighted by atomic mass is 16.2. The Balaban J connectivity index is 2.42. The first-order valence-corrected chi connectivity index (χ1v) is 7.95. The number of carbonyl (C=O) groups excluding carboxylic acids is 1. The fourth-order valence-corrected chi connectivity index (χ4v) is 2.91. The molecular weight excluding hydrogens is 238 g/mol. The number of hydrogen-bond donors (Lipinski definition) is 1. The molecule has 4 heteroatoms. The average molecular weight is 269 g/mol. The molecule has 0 saturated carbocycles. The summed E-state index contributed by atoms with van der Waals surface area (Å²) in [6.45, 7) is 12.3. The summed E-state index contributed by atoms with van der Waals surface area (Å²) in [5, 5.41) is 3.41. The van der Waals surface area contributed by atoms with Crippen molar-refractivity contribution in [2.75, 3.05) is 39.3 Å². The molecule has 0 aliphatic carbocycles. The van der Waals surface area contributed by atoms with Gasteiger partial charge >= 0.3 is 0 Å². The van der Waals surface area contributed by atoms with Crippen LogP contribution in [0.2, 0.25) is 0 Å². The second-order valence-electron chi connectivity index (χ2n) is 5.33. The van der Waals surface area contributed by atoms with Gasteiger partial charge in [-0.05, 0) is 52.7 Å². The van der Waals surface area contributed by atoms with Crippen LogP contribution in [-0.2, 0) is 4.79 Å². The summed E-state index contributed by atoms with van der Waals surface area (Å²) >= 11 is 0. The zero-order valence-electron chi connectivity index (χ0n) is 13.0. The van der Waals surface area contributed by atoms with Crippen molar-refractivity contribution in [3.8, 4) is 0 Å². The van der Waals surface area contributed by atoms with Crippen LogP contribution in [0.3, 0.4) is 0 Å². The van der Waals surface area contributed by atoms with Crippen LogP contribution >= 0.6 is 0 Å². The first-order chi connectivity index (χ1) is 9.22. The number of rotatable bonds is 8. The lowest BCUT2D eigenvalue weighted by Gasteiger charge is -2.34. The molecule has 19 heavy (non-hydrogen) atoms. The maximum Gasteiger partial charge on any atom is 0.223 e. The summed E-state index contributed by atoms with van der Waals surface area (Å²) in [4.78, 5) is 16.6. The fourth-order valence-electron chi connectivity index (χ4n) is 2.91. The molecule has 1 saturated heterocycles. The van der Waals surface area contributed by atoms with Gasteiger partial charge in [0.05, 0.1) is 0 Å². The molecule has 0 unspecified atom stereocenters. The van der Waals surface area contributed by atoms with E-state index < -0.39 is 0 Å². The van der Waals surface area contributed by atoms with Gasteiger partial charge in [-0.25, -0.2) is 0 Å². The molecule has 1 aliphatic rings. The third-order valence-corrected chi connectivity index (χ3v) is 4.06. The standard InChI is InChI=1S/C15H31N3O/c1-4-12-18(14-7-10-16-11-8-14)13-9-15(19)17(5-2)6-3/h14,16H,4-13H2,1-3H3. The van der Waals surface area contributed by atoms with E-state index in [0.717, 1.165) is 39.3 Å². The SMILES string of the molecule is CCCN(CCC(=O)N(CC)CC)C1CCNCC1. The van der Waals surface area contributed by atoms with Gasteiger partial charge in [-0.3, -0.25) is 9.69 Å². The number of amides is 1. The van der Waals surface area contributed by atoms with E-state index in [2.05, 4.69) is 31.0 Å². The zero-order chi connectivity index (χ0) is 14.1. The second-order valence-corrected chi connectivity index (χ2v) is 5.33. The Bertz CT molecular complexity index is 248. The Morgan fingerprint density at radius 2 is 1.74 bits per heavy atom. The lowest BCUT2D eigenvalue weighted by molar-refractivity contribution is -0.131. The molecule has 0 bridgehead atoms. The van der Waals surface area contributed by atoms with Gasteiger partial charge in [0.2, 0.25) is 5.91 Å². The van der Waals surface area contributed by atoms with E-state index in [9.17, 15) is 4.79 Å². The maximum atomic E-state index is 12.1. The van der Waals surface area contributed by atoms with Crippen LogP contribution in [0.1, 0.15) is 46.5 Å². The molecule has 112 valence electrons. The minimum Gasteiger partial charge on any atom is -0.343 e. The smallest absolute Gasteiger partial charge is 0.223 e. The average Bonchev–Trinajstić information content (AvgIpc) is 2.45. The number of hydrogen-bond acceptors (Lipinski definition) is 3. The van der Waals surface area contributed by atoms with Crippen molar-refractivity contribution in [1.82, 2.24) is 15.1 Å². The molecule has 0 radical (unpaired) electrons. The highest BCUT2D eigenvalue weighted by Gasteiger charge is 2.21.